The molecule has 13 heavy (non-hydrogen) atoms. The lowest BCUT2D eigenvalue weighted by atomic mass is 10.4. The van der Waals surface area contributed by atoms with E-state index in [9.17, 15) is 4.79 Å². The molecule has 6 heteroatoms. The molecule has 1 unspecified atom stereocenters. The van der Waals surface area contributed by atoms with Gasteiger partial charge in [0.15, 0.2) is 0 Å². The Kier molecular flexibility index (Phi) is 2.18. The highest BCUT2D eigenvalue weighted by Gasteiger charge is 2.10. The molecule has 0 spiro atoms. The van der Waals surface area contributed by atoms with Crippen LogP contribution in [0.1, 0.15) is 5.82 Å². The number of hydrogen-bond donors (Lipinski definition) is 2. The van der Waals surface area contributed by atoms with E-state index in [0.29, 0.717) is 16.1 Å². The van der Waals surface area contributed by atoms with Crippen LogP contribution < -0.4 is 10.2 Å². The summed E-state index contributed by atoms with van der Waals surface area (Å²) in [4.78, 5) is 19.8. The van der Waals surface area contributed by atoms with E-state index >= 15 is 0 Å². The lowest BCUT2D eigenvalue weighted by Crippen LogP contribution is -2.08. The van der Waals surface area contributed by atoms with Crippen LogP contribution in [0, 0.1) is 6.92 Å². The van der Waals surface area contributed by atoms with Crippen molar-refractivity contribution >= 4 is 48.0 Å². The largest absolute Gasteiger partial charge is 0.310 e. The van der Waals surface area contributed by atoms with E-state index in [1.807, 2.05) is 0 Å². The van der Waals surface area contributed by atoms with Crippen molar-refractivity contribution in [1.29, 1.82) is 0 Å². The third-order valence-corrected chi connectivity index (χ3v) is 4.10. The second kappa shape index (κ2) is 3.08. The van der Waals surface area contributed by atoms with Crippen molar-refractivity contribution < 1.29 is 0 Å². The molecule has 0 aromatic carbocycles. The summed E-state index contributed by atoms with van der Waals surface area (Å²) in [5.41, 5.74) is -0.113. The number of nitrogens with zero attached hydrogens (tertiary/aromatic N) is 1. The number of aromatic nitrogens is 2. The highest BCUT2D eigenvalue weighted by atomic mass is 32.1. The molecule has 0 aliphatic heterocycles. The monoisotopic (exact) mass is 230 g/mol. The first-order valence-corrected chi connectivity index (χ1v) is 5.41. The minimum absolute atomic E-state index is 0.113. The zero-order chi connectivity index (χ0) is 9.59. The standard InChI is InChI=1S/C7H7N2OPS2/c1-2-8-5(10)3-4(12)7(11)13-6(3)9-2/h12H,11H2,1H3,(H,8,9,10). The minimum atomic E-state index is -0.113. The lowest BCUT2D eigenvalue weighted by Gasteiger charge is -1.92. The van der Waals surface area contributed by atoms with Gasteiger partial charge in [0.1, 0.15) is 10.7 Å². The maximum atomic E-state index is 11.5. The Labute approximate surface area is 86.2 Å². The molecule has 2 heterocycles. The third kappa shape index (κ3) is 1.41. The highest BCUT2D eigenvalue weighted by Crippen LogP contribution is 2.23. The topological polar surface area (TPSA) is 45.8 Å². The zero-order valence-corrected chi connectivity index (χ0v) is 9.65. The van der Waals surface area contributed by atoms with Gasteiger partial charge in [0, 0.05) is 9.51 Å². The first-order chi connectivity index (χ1) is 6.09. The first kappa shape index (κ1) is 9.19. The number of aromatic amines is 1. The molecule has 0 saturated carbocycles. The number of thiol groups is 1. The fourth-order valence-corrected chi connectivity index (χ4v) is 2.90. The second-order valence-electron chi connectivity index (χ2n) is 2.65. The average Bonchev–Trinajstić information content (AvgIpc) is 2.27. The summed E-state index contributed by atoms with van der Waals surface area (Å²) >= 11 is 5.71. The van der Waals surface area contributed by atoms with Crippen molar-refractivity contribution in [2.75, 3.05) is 0 Å². The smallest absolute Gasteiger partial charge is 0.260 e. The summed E-state index contributed by atoms with van der Waals surface area (Å²) in [6.07, 6.45) is 0. The molecule has 3 nitrogen and oxygen atoms in total. The number of H-pyrrole nitrogens is 1. The average molecular weight is 230 g/mol. The molecule has 0 aliphatic rings. The summed E-state index contributed by atoms with van der Waals surface area (Å²) in [5.74, 6) is 0.636. The van der Waals surface area contributed by atoms with E-state index in [0.717, 1.165) is 9.45 Å². The molecule has 0 aliphatic carbocycles. The predicted octanol–water partition coefficient (Wildman–Crippen LogP) is 1.08. The van der Waals surface area contributed by atoms with Gasteiger partial charge >= 0.3 is 0 Å². The van der Waals surface area contributed by atoms with Crippen LogP contribution in [-0.2, 0) is 0 Å². The molecule has 0 bridgehead atoms. The van der Waals surface area contributed by atoms with E-state index < -0.39 is 0 Å². The molecule has 0 amide bonds. The van der Waals surface area contributed by atoms with Crippen LogP contribution in [0.4, 0.5) is 0 Å². The van der Waals surface area contributed by atoms with Crippen molar-refractivity contribution in [1.82, 2.24) is 9.97 Å². The van der Waals surface area contributed by atoms with Crippen LogP contribution in [0.25, 0.3) is 10.2 Å². The number of hydrogen-bond acceptors (Lipinski definition) is 4. The molecular weight excluding hydrogens is 223 g/mol. The summed E-state index contributed by atoms with van der Waals surface area (Å²) in [6, 6.07) is 0. The van der Waals surface area contributed by atoms with Crippen LogP contribution in [0.15, 0.2) is 9.69 Å². The van der Waals surface area contributed by atoms with E-state index in [1.165, 1.54) is 11.3 Å². The maximum absolute atomic E-state index is 11.5. The Morgan fingerprint density at radius 2 is 2.31 bits per heavy atom. The normalized spacial score (nSPS) is 11.0. The number of aryl methyl sites for hydroxylation is 1. The summed E-state index contributed by atoms with van der Waals surface area (Å²) in [6.45, 7) is 1.77. The van der Waals surface area contributed by atoms with Gasteiger partial charge in [-0.3, -0.25) is 4.79 Å². The number of nitrogens with one attached hydrogen (secondary N) is 1. The van der Waals surface area contributed by atoms with E-state index in [2.05, 4.69) is 31.8 Å². The number of thiophene rings is 1. The molecule has 2 aromatic rings. The van der Waals surface area contributed by atoms with E-state index in [4.69, 9.17) is 0 Å². The fraction of sp³-hybridized carbons (Fsp3) is 0.143. The van der Waals surface area contributed by atoms with Gasteiger partial charge in [-0.15, -0.1) is 24.0 Å². The molecule has 0 saturated heterocycles. The third-order valence-electron chi connectivity index (χ3n) is 1.68. The van der Waals surface area contributed by atoms with Crippen LogP contribution in [0.5, 0.6) is 0 Å². The second-order valence-corrected chi connectivity index (χ2v) is 5.12. The predicted molar refractivity (Wildman–Crippen MR) is 61.6 cm³/mol. The Balaban J connectivity index is 3.03. The minimum Gasteiger partial charge on any atom is -0.310 e. The lowest BCUT2D eigenvalue weighted by molar-refractivity contribution is 1.06. The van der Waals surface area contributed by atoms with Gasteiger partial charge in [-0.25, -0.2) is 4.98 Å². The van der Waals surface area contributed by atoms with Crippen molar-refractivity contribution in [3.05, 3.63) is 16.2 Å². The zero-order valence-electron chi connectivity index (χ0n) is 6.79. The Morgan fingerprint density at radius 1 is 1.62 bits per heavy atom. The van der Waals surface area contributed by atoms with Gasteiger partial charge in [0.05, 0.1) is 5.39 Å². The molecule has 2 rings (SSSR count). The van der Waals surface area contributed by atoms with E-state index in [1.54, 1.807) is 6.92 Å². The van der Waals surface area contributed by atoms with Gasteiger partial charge in [0.2, 0.25) is 0 Å². The quantitative estimate of drug-likeness (QED) is 0.525. The van der Waals surface area contributed by atoms with Crippen LogP contribution in [0.3, 0.4) is 0 Å². The number of fused-ring (bicyclic) bond motifs is 1. The van der Waals surface area contributed by atoms with Crippen molar-refractivity contribution in [2.24, 2.45) is 0 Å². The molecule has 1 atom stereocenters. The molecule has 68 valence electrons. The number of rotatable bonds is 0. The molecule has 2 aromatic heterocycles. The maximum Gasteiger partial charge on any atom is 0.260 e. The van der Waals surface area contributed by atoms with Crippen molar-refractivity contribution in [3.8, 4) is 0 Å². The van der Waals surface area contributed by atoms with Crippen molar-refractivity contribution in [3.63, 3.8) is 0 Å². The summed E-state index contributed by atoms with van der Waals surface area (Å²) in [7, 11) is 2.55. The SMILES string of the molecule is Cc1nc2sc(P)c(S)c2c(=O)[nH]1. The molecule has 1 N–H and O–H groups in total. The van der Waals surface area contributed by atoms with Gasteiger partial charge in [-0.05, 0) is 6.92 Å². The van der Waals surface area contributed by atoms with Crippen molar-refractivity contribution in [2.45, 2.75) is 11.8 Å². The van der Waals surface area contributed by atoms with Crippen LogP contribution >= 0.6 is 33.2 Å². The van der Waals surface area contributed by atoms with Gasteiger partial charge in [-0.2, -0.15) is 0 Å². The van der Waals surface area contributed by atoms with Crippen LogP contribution in [-0.4, -0.2) is 9.97 Å². The van der Waals surface area contributed by atoms with Crippen LogP contribution in [0.2, 0.25) is 0 Å². The van der Waals surface area contributed by atoms with Gasteiger partial charge in [-0.1, -0.05) is 9.24 Å². The Bertz CT molecular complexity index is 531. The first-order valence-electron chi connectivity index (χ1n) is 3.57. The van der Waals surface area contributed by atoms with Gasteiger partial charge in [0.25, 0.3) is 5.56 Å². The molecule has 0 fully saturated rings. The van der Waals surface area contributed by atoms with Gasteiger partial charge < -0.3 is 4.98 Å². The highest BCUT2D eigenvalue weighted by molar-refractivity contribution is 7.81. The Hall–Kier alpha value is -0.380. The molecule has 0 radical (unpaired) electrons. The summed E-state index contributed by atoms with van der Waals surface area (Å²) < 4.78 is 0.946. The fourth-order valence-electron chi connectivity index (χ4n) is 1.12. The Morgan fingerprint density at radius 3 is 3.00 bits per heavy atom. The summed E-state index contributed by atoms with van der Waals surface area (Å²) in [5, 5.41) is 0.587. The molecular formula is C7H7N2OPS2. The van der Waals surface area contributed by atoms with E-state index in [-0.39, 0.29) is 5.56 Å².